The minimum atomic E-state index is -0.836. The van der Waals surface area contributed by atoms with Crippen molar-refractivity contribution in [2.24, 2.45) is 23.7 Å². The highest BCUT2D eigenvalue weighted by molar-refractivity contribution is 6.37. The molecule has 4 atom stereocenters. The van der Waals surface area contributed by atoms with Gasteiger partial charge in [-0.3, -0.25) is 33.8 Å². The van der Waals surface area contributed by atoms with Gasteiger partial charge in [0, 0.05) is 25.0 Å². The lowest BCUT2D eigenvalue weighted by Gasteiger charge is -2.30. The van der Waals surface area contributed by atoms with Crippen molar-refractivity contribution in [1.82, 2.24) is 36.1 Å². The molecule has 13 heteroatoms. The van der Waals surface area contributed by atoms with Crippen LogP contribution in [0.25, 0.3) is 0 Å². The number of hydrogen-bond donors (Lipinski definition) is 4. The molecule has 1 aliphatic heterocycles. The zero-order valence-electron chi connectivity index (χ0n) is 32.0. The minimum Gasteiger partial charge on any atom is -0.347 e. The zero-order valence-corrected chi connectivity index (χ0v) is 32.0. The molecule has 3 aliphatic carbocycles. The van der Waals surface area contributed by atoms with Crippen LogP contribution < -0.4 is 21.3 Å². The van der Waals surface area contributed by atoms with Crippen LogP contribution in [0.4, 0.5) is 0 Å². The topological polar surface area (TPSA) is 180 Å². The Hall–Kier alpha value is -3.90. The summed E-state index contributed by atoms with van der Waals surface area (Å²) in [5.41, 5.74) is 0.100. The third kappa shape index (κ3) is 14.3. The van der Waals surface area contributed by atoms with Gasteiger partial charge in [0.05, 0.1) is 19.3 Å². The van der Waals surface area contributed by atoms with Gasteiger partial charge in [0.15, 0.2) is 0 Å². The summed E-state index contributed by atoms with van der Waals surface area (Å²) in [4.78, 5) is 86.5. The smallest absolute Gasteiger partial charge is 0.289 e. The molecule has 0 spiro atoms. The van der Waals surface area contributed by atoms with Crippen LogP contribution in [0.15, 0.2) is 18.6 Å². The van der Waals surface area contributed by atoms with Crippen LogP contribution in [0.1, 0.15) is 130 Å². The van der Waals surface area contributed by atoms with Gasteiger partial charge in [-0.15, -0.1) is 0 Å². The molecule has 286 valence electrons. The SMILES string of the molecule is CC.CC(C)C.CCC.O=C(CNC(=O)C1C2CCCC2CN1C(=O)CNC(=O)C(NC(=O)c1cnccn1)C1CCCCC1)C(=O)NC1CC1. The summed E-state index contributed by atoms with van der Waals surface area (Å²) >= 11 is 0. The number of amides is 5. The molecule has 0 bridgehead atoms. The van der Waals surface area contributed by atoms with Gasteiger partial charge in [0.1, 0.15) is 17.8 Å². The average Bonchev–Trinajstić information content (AvgIpc) is 3.70. The number of hydrogen-bond acceptors (Lipinski definition) is 8. The average molecular weight is 714 g/mol. The van der Waals surface area contributed by atoms with Gasteiger partial charge in [-0.2, -0.15) is 0 Å². The molecule has 5 rings (SSSR count). The Labute approximate surface area is 304 Å². The van der Waals surface area contributed by atoms with Gasteiger partial charge in [0.25, 0.3) is 11.8 Å². The maximum absolute atomic E-state index is 13.4. The fourth-order valence-electron chi connectivity index (χ4n) is 6.61. The second kappa shape index (κ2) is 22.8. The molecule has 4 N–H and O–H groups in total. The Morgan fingerprint density at radius 2 is 1.49 bits per heavy atom. The largest absolute Gasteiger partial charge is 0.347 e. The van der Waals surface area contributed by atoms with E-state index in [1.807, 2.05) is 13.8 Å². The Morgan fingerprint density at radius 3 is 2.08 bits per heavy atom. The molecule has 4 fully saturated rings. The van der Waals surface area contributed by atoms with E-state index in [9.17, 15) is 28.8 Å². The van der Waals surface area contributed by atoms with Crippen molar-refractivity contribution in [3.8, 4) is 0 Å². The van der Waals surface area contributed by atoms with Crippen LogP contribution in [-0.2, 0) is 24.0 Å². The molecule has 51 heavy (non-hydrogen) atoms. The second-order valence-electron chi connectivity index (χ2n) is 14.3. The predicted octanol–water partition coefficient (Wildman–Crippen LogP) is 3.97. The van der Waals surface area contributed by atoms with Crippen LogP contribution in [0, 0.1) is 23.7 Å². The van der Waals surface area contributed by atoms with Crippen molar-refractivity contribution in [1.29, 1.82) is 0 Å². The first kappa shape index (κ1) is 43.3. The Balaban J connectivity index is 0.000000908. The Kier molecular flexibility index (Phi) is 19.4. The molecule has 13 nitrogen and oxygen atoms in total. The number of rotatable bonds is 11. The number of nitrogens with one attached hydrogen (secondary N) is 4. The lowest BCUT2D eigenvalue weighted by Crippen LogP contribution is -2.55. The lowest BCUT2D eigenvalue weighted by atomic mass is 9.83. The third-order valence-electron chi connectivity index (χ3n) is 8.97. The van der Waals surface area contributed by atoms with Crippen LogP contribution in [0.5, 0.6) is 0 Å². The van der Waals surface area contributed by atoms with Gasteiger partial charge in [-0.05, 0) is 62.2 Å². The maximum Gasteiger partial charge on any atom is 0.289 e. The molecule has 4 aliphatic rings. The summed E-state index contributed by atoms with van der Waals surface area (Å²) in [7, 11) is 0. The van der Waals surface area contributed by atoms with Gasteiger partial charge in [-0.1, -0.05) is 80.6 Å². The number of nitrogens with zero attached hydrogens (tertiary/aromatic N) is 3. The lowest BCUT2D eigenvalue weighted by molar-refractivity contribution is -0.141. The zero-order chi connectivity index (χ0) is 37.9. The van der Waals surface area contributed by atoms with E-state index < -0.39 is 53.9 Å². The van der Waals surface area contributed by atoms with Crippen LogP contribution in [0.3, 0.4) is 0 Å². The third-order valence-corrected chi connectivity index (χ3v) is 8.97. The number of aromatic nitrogens is 2. The number of carbonyl (C=O) groups is 6. The fourth-order valence-corrected chi connectivity index (χ4v) is 6.61. The highest BCUT2D eigenvalue weighted by atomic mass is 16.2. The molecule has 1 aromatic heterocycles. The first-order valence-corrected chi connectivity index (χ1v) is 19.2. The van der Waals surface area contributed by atoms with Crippen molar-refractivity contribution < 1.29 is 28.8 Å². The quantitative estimate of drug-likeness (QED) is 0.249. The summed E-state index contributed by atoms with van der Waals surface area (Å²) in [6, 6.07) is -1.57. The first-order chi connectivity index (χ1) is 24.5. The molecule has 0 aromatic carbocycles. The standard InChI is InChI=1S/C29H39N7O6.C4H10.C3H8.C2H6/c37-22(27(40)34-19-9-10-19)14-32-29(42)25-20-8-4-7-18(20)16-36(25)23(38)15-33-28(41)24(17-5-2-1-3-6-17)35-26(39)21-13-30-11-12-31-21;1-4(2)3;1-3-2;1-2/h11-13,17-20,24-25H,1-10,14-16H2,(H,32,42)(H,33,41)(H,34,40)(H,35,39);4H,1-3H3;3H2,1-2H3;1-2H3. The molecule has 5 amide bonds. The number of fused-ring (bicyclic) bond motifs is 1. The summed E-state index contributed by atoms with van der Waals surface area (Å²) in [5, 5.41) is 10.7. The highest BCUT2D eigenvalue weighted by Gasteiger charge is 2.49. The molecular formula is C38H63N7O6. The van der Waals surface area contributed by atoms with E-state index >= 15 is 0 Å². The number of Topliss-reactive ketones (excluding diaryl/α,β-unsaturated/α-hetero) is 1. The van der Waals surface area contributed by atoms with E-state index in [4.69, 9.17) is 0 Å². The van der Waals surface area contributed by atoms with E-state index in [0.717, 1.165) is 70.1 Å². The Morgan fingerprint density at radius 1 is 0.843 bits per heavy atom. The molecule has 1 aromatic rings. The summed E-state index contributed by atoms with van der Waals surface area (Å²) in [5.74, 6) is -2.39. The maximum atomic E-state index is 13.4. The number of ketones is 1. The first-order valence-electron chi connectivity index (χ1n) is 19.2. The van der Waals surface area contributed by atoms with Crippen molar-refractivity contribution in [2.45, 2.75) is 137 Å². The van der Waals surface area contributed by atoms with Crippen LogP contribution in [-0.4, -0.2) is 87.9 Å². The van der Waals surface area contributed by atoms with Gasteiger partial charge in [0.2, 0.25) is 23.5 Å². The van der Waals surface area contributed by atoms with Crippen LogP contribution >= 0.6 is 0 Å². The van der Waals surface area contributed by atoms with Crippen LogP contribution in [0.2, 0.25) is 0 Å². The van der Waals surface area contributed by atoms with E-state index in [1.54, 1.807) is 0 Å². The number of likely N-dealkylation sites (tertiary alicyclic amines) is 1. The molecule has 1 saturated heterocycles. The summed E-state index contributed by atoms with van der Waals surface area (Å²) in [6.07, 6.45) is 14.3. The van der Waals surface area contributed by atoms with Crippen molar-refractivity contribution >= 4 is 35.3 Å². The van der Waals surface area contributed by atoms with Gasteiger partial charge >= 0.3 is 0 Å². The number of carbonyl (C=O) groups excluding carboxylic acids is 6. The molecule has 4 unspecified atom stereocenters. The van der Waals surface area contributed by atoms with Gasteiger partial charge in [-0.25, -0.2) is 4.98 Å². The summed E-state index contributed by atoms with van der Waals surface area (Å²) < 4.78 is 0. The molecular weight excluding hydrogens is 650 g/mol. The van der Waals surface area contributed by atoms with Gasteiger partial charge < -0.3 is 26.2 Å². The monoisotopic (exact) mass is 713 g/mol. The highest BCUT2D eigenvalue weighted by Crippen LogP contribution is 2.42. The molecule has 3 saturated carbocycles. The van der Waals surface area contributed by atoms with E-state index in [-0.39, 0.29) is 36.0 Å². The van der Waals surface area contributed by atoms with Crippen molar-refractivity contribution in [2.75, 3.05) is 19.6 Å². The molecule has 2 heterocycles. The van der Waals surface area contributed by atoms with E-state index in [1.165, 1.54) is 29.9 Å². The fraction of sp³-hybridized carbons (Fsp3) is 0.737. The second-order valence-corrected chi connectivity index (χ2v) is 14.3. The Bertz CT molecular complexity index is 1260. The minimum absolute atomic E-state index is 0.0348. The van der Waals surface area contributed by atoms with Crippen molar-refractivity contribution in [3.63, 3.8) is 0 Å². The normalized spacial score (nSPS) is 21.2. The summed E-state index contributed by atoms with van der Waals surface area (Å²) in [6.45, 7) is 14.4. The van der Waals surface area contributed by atoms with Crippen molar-refractivity contribution in [3.05, 3.63) is 24.3 Å². The van der Waals surface area contributed by atoms with E-state index in [2.05, 4.69) is 65.9 Å². The molecule has 0 radical (unpaired) electrons. The predicted molar refractivity (Wildman–Crippen MR) is 196 cm³/mol. The van der Waals surface area contributed by atoms with E-state index in [0.29, 0.717) is 6.54 Å².